The van der Waals surface area contributed by atoms with Gasteiger partial charge >= 0.3 is 0 Å². The number of nitrogens with two attached hydrogens (primary N) is 1. The number of hydrogen-bond donors (Lipinski definition) is 3. The molecule has 3 heterocycles. The molecule has 1 saturated heterocycles. The van der Waals surface area contributed by atoms with Crippen molar-refractivity contribution in [3.63, 3.8) is 0 Å². The van der Waals surface area contributed by atoms with Crippen LogP contribution < -0.4 is 5.73 Å². The van der Waals surface area contributed by atoms with Crippen LogP contribution in [0.15, 0.2) is 42.9 Å². The van der Waals surface area contributed by atoms with Crippen LogP contribution in [0, 0.1) is 5.92 Å². The maximum absolute atomic E-state index is 10.4. The molecule has 2 aromatic heterocycles. The molecule has 1 aromatic carbocycles. The van der Waals surface area contributed by atoms with Crippen molar-refractivity contribution in [2.24, 2.45) is 5.92 Å². The number of aromatic amines is 1. The molecule has 0 unspecified atom stereocenters. The molecule has 0 radical (unpaired) electrons. The van der Waals surface area contributed by atoms with Gasteiger partial charge in [0.25, 0.3) is 0 Å². The minimum absolute atomic E-state index is 0.270. The highest BCUT2D eigenvalue weighted by atomic mass is 16.3. The molecule has 4 N–H and O–H groups in total. The molecular formula is C19H23N5O. The lowest BCUT2D eigenvalue weighted by atomic mass is 9.97. The van der Waals surface area contributed by atoms with Gasteiger partial charge in [-0.1, -0.05) is 30.3 Å². The first-order valence-corrected chi connectivity index (χ1v) is 8.71. The van der Waals surface area contributed by atoms with Gasteiger partial charge in [-0.05, 0) is 24.3 Å². The topological polar surface area (TPSA) is 91.1 Å². The Morgan fingerprint density at radius 1 is 1.20 bits per heavy atom. The van der Waals surface area contributed by atoms with E-state index < -0.39 is 0 Å². The summed E-state index contributed by atoms with van der Waals surface area (Å²) in [6.45, 7) is 2.36. The number of nitrogen functional groups attached to an aromatic ring is 1. The molecule has 1 fully saturated rings. The Hall–Kier alpha value is -2.44. The number of aryl methyl sites for hydroxylation is 1. The van der Waals surface area contributed by atoms with Crippen molar-refractivity contribution in [1.82, 2.24) is 19.9 Å². The van der Waals surface area contributed by atoms with Crippen molar-refractivity contribution in [3.8, 4) is 0 Å². The lowest BCUT2D eigenvalue weighted by Gasteiger charge is -2.15. The van der Waals surface area contributed by atoms with E-state index in [1.54, 1.807) is 0 Å². The second-order valence-electron chi connectivity index (χ2n) is 6.84. The zero-order valence-corrected chi connectivity index (χ0v) is 14.1. The van der Waals surface area contributed by atoms with Crippen LogP contribution in [-0.2, 0) is 13.0 Å². The lowest BCUT2D eigenvalue weighted by molar-refractivity contribution is 0.137. The fourth-order valence-corrected chi connectivity index (χ4v) is 3.73. The summed E-state index contributed by atoms with van der Waals surface area (Å²) in [7, 11) is 0. The van der Waals surface area contributed by atoms with Gasteiger partial charge in [0.2, 0.25) is 0 Å². The molecule has 0 amide bonds. The van der Waals surface area contributed by atoms with Gasteiger partial charge in [-0.25, -0.2) is 9.97 Å². The Kier molecular flexibility index (Phi) is 4.38. The van der Waals surface area contributed by atoms with Crippen LogP contribution in [0.4, 0.5) is 5.82 Å². The van der Waals surface area contributed by atoms with Crippen molar-refractivity contribution < 1.29 is 5.11 Å². The van der Waals surface area contributed by atoms with E-state index in [0.717, 1.165) is 42.5 Å². The molecule has 4 rings (SSSR count). The minimum Gasteiger partial charge on any atom is -0.391 e. The largest absolute Gasteiger partial charge is 0.391 e. The number of likely N-dealkylation sites (tertiary alicyclic amines) is 1. The summed E-state index contributed by atoms with van der Waals surface area (Å²) in [4.78, 5) is 13.8. The van der Waals surface area contributed by atoms with E-state index in [-0.39, 0.29) is 6.10 Å². The van der Waals surface area contributed by atoms with E-state index >= 15 is 0 Å². The fraction of sp³-hybridized carbons (Fsp3) is 0.368. The van der Waals surface area contributed by atoms with Gasteiger partial charge in [0.1, 0.15) is 11.8 Å². The quantitative estimate of drug-likeness (QED) is 0.662. The number of rotatable bonds is 5. The number of aliphatic hydroxyl groups excluding tert-OH is 1. The summed E-state index contributed by atoms with van der Waals surface area (Å²) >= 11 is 0. The number of nitrogens with zero attached hydrogens (tertiary/aromatic N) is 3. The Labute approximate surface area is 146 Å². The highest BCUT2D eigenvalue weighted by Gasteiger charge is 2.31. The molecule has 2 atom stereocenters. The zero-order chi connectivity index (χ0) is 17.2. The molecule has 25 heavy (non-hydrogen) atoms. The van der Waals surface area contributed by atoms with Gasteiger partial charge in [-0.3, -0.25) is 4.90 Å². The van der Waals surface area contributed by atoms with Crippen molar-refractivity contribution >= 4 is 16.9 Å². The molecule has 0 saturated carbocycles. The molecule has 6 heteroatoms. The van der Waals surface area contributed by atoms with Crippen molar-refractivity contribution in [2.45, 2.75) is 25.5 Å². The SMILES string of the molecule is Nc1ncnc2c(CN3C[C@@H](CCc4ccccc4)[C@H](O)C3)c[nH]c12. The average molecular weight is 337 g/mol. The molecule has 0 aliphatic carbocycles. The number of aliphatic hydroxyl groups is 1. The first-order valence-electron chi connectivity index (χ1n) is 8.71. The van der Waals surface area contributed by atoms with Crippen molar-refractivity contribution in [2.75, 3.05) is 18.8 Å². The summed E-state index contributed by atoms with van der Waals surface area (Å²) in [5.74, 6) is 0.781. The lowest BCUT2D eigenvalue weighted by Crippen LogP contribution is -2.21. The van der Waals surface area contributed by atoms with Crippen LogP contribution >= 0.6 is 0 Å². The Balaban J connectivity index is 1.40. The summed E-state index contributed by atoms with van der Waals surface area (Å²) in [6.07, 6.45) is 5.18. The summed E-state index contributed by atoms with van der Waals surface area (Å²) in [5.41, 5.74) is 9.97. The van der Waals surface area contributed by atoms with Gasteiger partial charge < -0.3 is 15.8 Å². The zero-order valence-electron chi connectivity index (χ0n) is 14.1. The smallest absolute Gasteiger partial charge is 0.151 e. The van der Waals surface area contributed by atoms with E-state index in [0.29, 0.717) is 18.3 Å². The Morgan fingerprint density at radius 3 is 2.88 bits per heavy atom. The van der Waals surface area contributed by atoms with Gasteiger partial charge in [-0.15, -0.1) is 0 Å². The predicted octanol–water partition coefficient (Wildman–Crippen LogP) is 1.97. The molecule has 0 bridgehead atoms. The average Bonchev–Trinajstić information content (AvgIpc) is 3.19. The Morgan fingerprint density at radius 2 is 2.04 bits per heavy atom. The molecule has 1 aliphatic heterocycles. The Bertz CT molecular complexity index is 847. The van der Waals surface area contributed by atoms with Crippen LogP contribution in [0.5, 0.6) is 0 Å². The molecule has 1 aliphatic rings. The first-order chi connectivity index (χ1) is 12.2. The molecule has 130 valence electrons. The number of β-amino-alcohol motifs (C(OH)–C–C–N with tert-alkyl or cyclic N) is 1. The highest BCUT2D eigenvalue weighted by molar-refractivity contribution is 5.86. The highest BCUT2D eigenvalue weighted by Crippen LogP contribution is 2.26. The predicted molar refractivity (Wildman–Crippen MR) is 97.8 cm³/mol. The summed E-state index contributed by atoms with van der Waals surface area (Å²) in [6, 6.07) is 10.5. The number of aromatic nitrogens is 3. The van der Waals surface area contributed by atoms with Gasteiger partial charge in [0, 0.05) is 31.4 Å². The van der Waals surface area contributed by atoms with Gasteiger partial charge in [0.05, 0.1) is 11.6 Å². The molecule has 6 nitrogen and oxygen atoms in total. The van der Waals surface area contributed by atoms with Crippen LogP contribution in [0.3, 0.4) is 0 Å². The van der Waals surface area contributed by atoms with Crippen molar-refractivity contribution in [1.29, 1.82) is 0 Å². The van der Waals surface area contributed by atoms with Gasteiger partial charge in [0.15, 0.2) is 5.82 Å². The maximum Gasteiger partial charge on any atom is 0.151 e. The standard InChI is InChI=1S/C19H23N5O/c20-19-18-17(22-12-23-19)15(8-21-18)10-24-9-14(16(25)11-24)7-6-13-4-2-1-3-5-13/h1-5,8,12,14,16,21,25H,6-7,9-11H2,(H2,20,22,23)/t14-,16-/m1/s1. The second-order valence-corrected chi connectivity index (χ2v) is 6.84. The first kappa shape index (κ1) is 16.1. The number of benzene rings is 1. The van der Waals surface area contributed by atoms with E-state index in [9.17, 15) is 5.11 Å². The third kappa shape index (κ3) is 3.36. The normalized spacial score (nSPS) is 21.2. The second kappa shape index (κ2) is 6.82. The minimum atomic E-state index is -0.270. The number of fused-ring (bicyclic) bond motifs is 1. The molecule has 3 aromatic rings. The van der Waals surface area contributed by atoms with E-state index in [2.05, 4.69) is 44.1 Å². The van der Waals surface area contributed by atoms with E-state index in [1.165, 1.54) is 11.9 Å². The van der Waals surface area contributed by atoms with Crippen molar-refractivity contribution in [3.05, 3.63) is 54.0 Å². The third-order valence-corrected chi connectivity index (χ3v) is 5.09. The number of hydrogen-bond acceptors (Lipinski definition) is 5. The van der Waals surface area contributed by atoms with E-state index in [4.69, 9.17) is 5.73 Å². The monoisotopic (exact) mass is 337 g/mol. The fourth-order valence-electron chi connectivity index (χ4n) is 3.73. The molecular weight excluding hydrogens is 314 g/mol. The van der Waals surface area contributed by atoms with Crippen LogP contribution in [0.25, 0.3) is 11.0 Å². The maximum atomic E-state index is 10.4. The summed E-state index contributed by atoms with van der Waals surface area (Å²) in [5, 5.41) is 10.4. The van der Waals surface area contributed by atoms with Crippen LogP contribution in [0.2, 0.25) is 0 Å². The molecule has 0 spiro atoms. The van der Waals surface area contributed by atoms with E-state index in [1.807, 2.05) is 12.3 Å². The number of nitrogens with one attached hydrogen (secondary N) is 1. The summed E-state index contributed by atoms with van der Waals surface area (Å²) < 4.78 is 0. The van der Waals surface area contributed by atoms with Gasteiger partial charge in [-0.2, -0.15) is 0 Å². The van der Waals surface area contributed by atoms with Crippen LogP contribution in [-0.4, -0.2) is 44.2 Å². The number of anilines is 1. The third-order valence-electron chi connectivity index (χ3n) is 5.09. The number of H-pyrrole nitrogens is 1. The van der Waals surface area contributed by atoms with Crippen LogP contribution in [0.1, 0.15) is 17.5 Å².